The van der Waals surface area contributed by atoms with Crippen molar-refractivity contribution in [2.45, 2.75) is 38.5 Å². The Morgan fingerprint density at radius 3 is 2.58 bits per heavy atom. The highest BCUT2D eigenvalue weighted by Crippen LogP contribution is 2.37. The molecule has 6 heteroatoms. The average molecular weight is 348 g/mol. The lowest BCUT2D eigenvalue weighted by atomic mass is 9.91. The molecule has 1 N–H and O–H groups in total. The quantitative estimate of drug-likeness (QED) is 0.909. The standard InChI is InChI=1S/C20H24N6/c1-20(2,13-21)17-6-5-16(10-23-17)24-19-22-8-7-18(25-19)26-11-14-3-4-15(9-14)12-26/h5-8,10,14-15H,3-4,9,11-12H2,1-2H3,(H,22,24,25)/t14-,15+. The molecule has 2 bridgehead atoms. The summed E-state index contributed by atoms with van der Waals surface area (Å²) in [5.41, 5.74) is 0.977. The zero-order chi connectivity index (χ0) is 18.1. The molecular formula is C20H24N6. The molecule has 0 radical (unpaired) electrons. The predicted molar refractivity (Wildman–Crippen MR) is 101 cm³/mol. The van der Waals surface area contributed by atoms with Gasteiger partial charge in [-0.25, -0.2) is 4.98 Å². The smallest absolute Gasteiger partial charge is 0.229 e. The molecule has 2 atom stereocenters. The lowest BCUT2D eigenvalue weighted by Gasteiger charge is -2.32. The summed E-state index contributed by atoms with van der Waals surface area (Å²) < 4.78 is 0. The summed E-state index contributed by atoms with van der Waals surface area (Å²) in [6, 6.07) is 8.05. The van der Waals surface area contributed by atoms with Gasteiger partial charge >= 0.3 is 0 Å². The first-order valence-corrected chi connectivity index (χ1v) is 9.26. The topological polar surface area (TPSA) is 77.7 Å². The Bertz CT molecular complexity index is 811. The van der Waals surface area contributed by atoms with Crippen LogP contribution >= 0.6 is 0 Å². The molecule has 3 heterocycles. The molecule has 2 aliphatic rings. The Kier molecular flexibility index (Phi) is 4.23. The van der Waals surface area contributed by atoms with Gasteiger partial charge < -0.3 is 10.2 Å². The van der Waals surface area contributed by atoms with Crippen molar-refractivity contribution in [1.29, 1.82) is 5.26 Å². The highest BCUT2D eigenvalue weighted by Gasteiger charge is 2.33. The van der Waals surface area contributed by atoms with Crippen LogP contribution < -0.4 is 10.2 Å². The van der Waals surface area contributed by atoms with E-state index in [0.717, 1.165) is 42.1 Å². The molecule has 134 valence electrons. The third kappa shape index (κ3) is 3.34. The van der Waals surface area contributed by atoms with Crippen LogP contribution in [0.25, 0.3) is 0 Å². The summed E-state index contributed by atoms with van der Waals surface area (Å²) in [5, 5.41) is 12.4. The van der Waals surface area contributed by atoms with E-state index in [1.807, 2.05) is 38.2 Å². The first kappa shape index (κ1) is 16.8. The minimum Gasteiger partial charge on any atom is -0.356 e. The lowest BCUT2D eigenvalue weighted by molar-refractivity contribution is 0.419. The fraction of sp³-hybridized carbons (Fsp3) is 0.500. The molecule has 6 nitrogen and oxygen atoms in total. The second kappa shape index (κ2) is 6.56. The van der Waals surface area contributed by atoms with Gasteiger partial charge in [0.2, 0.25) is 5.95 Å². The second-order valence-corrected chi connectivity index (χ2v) is 7.98. The maximum absolute atomic E-state index is 9.22. The van der Waals surface area contributed by atoms with E-state index in [2.05, 4.69) is 26.3 Å². The number of hydrogen-bond donors (Lipinski definition) is 1. The van der Waals surface area contributed by atoms with Gasteiger partial charge in [-0.2, -0.15) is 10.2 Å². The number of piperidine rings is 1. The Morgan fingerprint density at radius 2 is 1.92 bits per heavy atom. The fourth-order valence-electron chi connectivity index (χ4n) is 4.00. The normalized spacial score (nSPS) is 22.1. The molecule has 2 aromatic rings. The Hall–Kier alpha value is -2.68. The highest BCUT2D eigenvalue weighted by molar-refractivity contribution is 5.54. The van der Waals surface area contributed by atoms with E-state index in [4.69, 9.17) is 4.98 Å². The van der Waals surface area contributed by atoms with E-state index in [-0.39, 0.29) is 0 Å². The number of nitrogens with zero attached hydrogens (tertiary/aromatic N) is 5. The van der Waals surface area contributed by atoms with Crippen LogP contribution in [-0.4, -0.2) is 28.0 Å². The zero-order valence-electron chi connectivity index (χ0n) is 15.3. The maximum Gasteiger partial charge on any atom is 0.229 e. The van der Waals surface area contributed by atoms with Crippen molar-refractivity contribution in [2.75, 3.05) is 23.3 Å². The van der Waals surface area contributed by atoms with Gasteiger partial charge in [0.1, 0.15) is 5.82 Å². The van der Waals surface area contributed by atoms with E-state index in [1.165, 1.54) is 19.3 Å². The molecule has 2 aromatic heterocycles. The van der Waals surface area contributed by atoms with E-state index >= 15 is 0 Å². The number of hydrogen-bond acceptors (Lipinski definition) is 6. The van der Waals surface area contributed by atoms with Crippen LogP contribution in [0.2, 0.25) is 0 Å². The van der Waals surface area contributed by atoms with Gasteiger partial charge in [0.25, 0.3) is 0 Å². The van der Waals surface area contributed by atoms with Crippen LogP contribution in [0.1, 0.15) is 38.8 Å². The van der Waals surface area contributed by atoms with Gasteiger partial charge in [-0.05, 0) is 63.1 Å². The number of aromatic nitrogens is 3. The van der Waals surface area contributed by atoms with Gasteiger partial charge in [-0.15, -0.1) is 0 Å². The molecule has 0 aromatic carbocycles. The minimum absolute atomic E-state index is 0.578. The summed E-state index contributed by atoms with van der Waals surface area (Å²) in [6.45, 7) is 5.93. The van der Waals surface area contributed by atoms with Gasteiger partial charge in [0, 0.05) is 19.3 Å². The van der Waals surface area contributed by atoms with E-state index < -0.39 is 5.41 Å². The molecule has 2 fully saturated rings. The molecule has 1 aliphatic carbocycles. The lowest BCUT2D eigenvalue weighted by Crippen LogP contribution is -2.36. The largest absolute Gasteiger partial charge is 0.356 e. The maximum atomic E-state index is 9.22. The summed E-state index contributed by atoms with van der Waals surface area (Å²) in [7, 11) is 0. The molecule has 0 unspecified atom stereocenters. The molecule has 1 saturated carbocycles. The van der Waals surface area contributed by atoms with Crippen molar-refractivity contribution in [3.8, 4) is 6.07 Å². The summed E-state index contributed by atoms with van der Waals surface area (Å²) in [5.74, 6) is 3.21. The van der Waals surface area contributed by atoms with Gasteiger partial charge in [0.05, 0.1) is 29.1 Å². The zero-order valence-corrected chi connectivity index (χ0v) is 15.3. The van der Waals surface area contributed by atoms with Crippen molar-refractivity contribution >= 4 is 17.5 Å². The molecular weight excluding hydrogens is 324 g/mol. The summed E-state index contributed by atoms with van der Waals surface area (Å²) in [6.07, 6.45) is 7.62. The van der Waals surface area contributed by atoms with E-state index in [9.17, 15) is 5.26 Å². The Labute approximate surface area is 154 Å². The summed E-state index contributed by atoms with van der Waals surface area (Å²) in [4.78, 5) is 15.8. The fourth-order valence-corrected chi connectivity index (χ4v) is 4.00. The van der Waals surface area contributed by atoms with Crippen LogP contribution in [0.4, 0.5) is 17.5 Å². The van der Waals surface area contributed by atoms with Crippen molar-refractivity contribution in [2.24, 2.45) is 11.8 Å². The number of nitriles is 1. The molecule has 0 amide bonds. The van der Waals surface area contributed by atoms with Crippen LogP contribution in [0, 0.1) is 23.2 Å². The Morgan fingerprint density at radius 1 is 1.15 bits per heavy atom. The van der Waals surface area contributed by atoms with Gasteiger partial charge in [-0.1, -0.05) is 0 Å². The van der Waals surface area contributed by atoms with Crippen molar-refractivity contribution in [3.63, 3.8) is 0 Å². The van der Waals surface area contributed by atoms with Gasteiger partial charge in [-0.3, -0.25) is 4.98 Å². The number of pyridine rings is 1. The minimum atomic E-state index is -0.595. The first-order valence-electron chi connectivity index (χ1n) is 9.26. The third-order valence-corrected chi connectivity index (χ3v) is 5.51. The van der Waals surface area contributed by atoms with Crippen LogP contribution in [0.5, 0.6) is 0 Å². The Balaban J connectivity index is 1.48. The number of rotatable bonds is 4. The van der Waals surface area contributed by atoms with Crippen molar-refractivity contribution in [3.05, 3.63) is 36.3 Å². The molecule has 0 spiro atoms. The van der Waals surface area contributed by atoms with E-state index in [1.54, 1.807) is 6.20 Å². The highest BCUT2D eigenvalue weighted by atomic mass is 15.2. The first-order chi connectivity index (χ1) is 12.5. The average Bonchev–Trinajstić information content (AvgIpc) is 3.00. The predicted octanol–water partition coefficient (Wildman–Crippen LogP) is 3.65. The van der Waals surface area contributed by atoms with E-state index in [0.29, 0.717) is 5.95 Å². The number of fused-ring (bicyclic) bond motifs is 2. The monoisotopic (exact) mass is 348 g/mol. The number of anilines is 3. The summed E-state index contributed by atoms with van der Waals surface area (Å²) >= 11 is 0. The van der Waals surface area contributed by atoms with Crippen LogP contribution in [0.15, 0.2) is 30.6 Å². The second-order valence-electron chi connectivity index (χ2n) is 7.98. The van der Waals surface area contributed by atoms with Crippen LogP contribution in [-0.2, 0) is 5.41 Å². The third-order valence-electron chi connectivity index (χ3n) is 5.51. The molecule has 1 saturated heterocycles. The molecule has 1 aliphatic heterocycles. The van der Waals surface area contributed by atoms with Gasteiger partial charge in [0.15, 0.2) is 0 Å². The van der Waals surface area contributed by atoms with Crippen LogP contribution in [0.3, 0.4) is 0 Å². The van der Waals surface area contributed by atoms with Crippen molar-refractivity contribution in [1.82, 2.24) is 15.0 Å². The molecule has 26 heavy (non-hydrogen) atoms. The van der Waals surface area contributed by atoms with Crippen molar-refractivity contribution < 1.29 is 0 Å². The number of nitrogens with one attached hydrogen (secondary N) is 1. The SMILES string of the molecule is CC(C)(C#N)c1ccc(Nc2nccc(N3C[C@@H]4CC[C@@H](C4)C3)n2)cn1. The molecule has 4 rings (SSSR count).